The van der Waals surface area contributed by atoms with Crippen molar-refractivity contribution in [2.45, 2.75) is 39.2 Å². The van der Waals surface area contributed by atoms with E-state index in [1.807, 2.05) is 20.8 Å². The van der Waals surface area contributed by atoms with Gasteiger partial charge in [0.1, 0.15) is 5.75 Å². The number of carbonyl (C=O) groups excluding carboxylic acids is 1. The van der Waals surface area contributed by atoms with Crippen LogP contribution in [0.1, 0.15) is 44.0 Å². The SMILES string of the molecule is CCOc1ccc(C(=O)CCC(C)(C)N)cc1Cl. The number of Topliss-reactive ketones (excluding diaryl/α,β-unsaturated/α-hetero) is 1. The van der Waals surface area contributed by atoms with Crippen LogP contribution in [-0.4, -0.2) is 17.9 Å². The zero-order valence-electron chi connectivity index (χ0n) is 11.1. The minimum atomic E-state index is -0.329. The van der Waals surface area contributed by atoms with Crippen LogP contribution >= 0.6 is 11.6 Å². The molecule has 0 aromatic heterocycles. The number of halogens is 1. The highest BCUT2D eigenvalue weighted by Crippen LogP contribution is 2.26. The molecule has 1 aromatic rings. The van der Waals surface area contributed by atoms with Crippen molar-refractivity contribution in [2.24, 2.45) is 5.73 Å². The maximum Gasteiger partial charge on any atom is 0.163 e. The molecule has 1 rings (SSSR count). The fourth-order valence-corrected chi connectivity index (χ4v) is 1.76. The van der Waals surface area contributed by atoms with Gasteiger partial charge in [-0.2, -0.15) is 0 Å². The third-order valence-electron chi connectivity index (χ3n) is 2.55. The molecule has 0 aliphatic heterocycles. The van der Waals surface area contributed by atoms with Crippen LogP contribution < -0.4 is 10.5 Å². The van der Waals surface area contributed by atoms with Crippen LogP contribution in [0.25, 0.3) is 0 Å². The van der Waals surface area contributed by atoms with E-state index in [2.05, 4.69) is 0 Å². The lowest BCUT2D eigenvalue weighted by atomic mass is 9.96. The lowest BCUT2D eigenvalue weighted by molar-refractivity contribution is 0.0972. The normalized spacial score (nSPS) is 11.4. The standard InChI is InChI=1S/C14H20ClNO2/c1-4-18-13-6-5-10(9-11(13)15)12(17)7-8-14(2,3)16/h5-6,9H,4,7-8,16H2,1-3H3. The highest BCUT2D eigenvalue weighted by Gasteiger charge is 2.15. The number of hydrogen-bond acceptors (Lipinski definition) is 3. The van der Waals surface area contributed by atoms with E-state index in [0.717, 1.165) is 0 Å². The third-order valence-corrected chi connectivity index (χ3v) is 2.85. The fourth-order valence-electron chi connectivity index (χ4n) is 1.53. The molecule has 1 aromatic carbocycles. The van der Waals surface area contributed by atoms with Gasteiger partial charge in [0.2, 0.25) is 0 Å². The maximum absolute atomic E-state index is 12.0. The number of nitrogens with two attached hydrogens (primary N) is 1. The predicted molar refractivity (Wildman–Crippen MR) is 74.5 cm³/mol. The van der Waals surface area contributed by atoms with Crippen molar-refractivity contribution >= 4 is 17.4 Å². The summed E-state index contributed by atoms with van der Waals surface area (Å²) in [4.78, 5) is 12.0. The minimum absolute atomic E-state index is 0.0541. The largest absolute Gasteiger partial charge is 0.492 e. The number of carbonyl (C=O) groups is 1. The lowest BCUT2D eigenvalue weighted by Gasteiger charge is -2.17. The highest BCUT2D eigenvalue weighted by atomic mass is 35.5. The van der Waals surface area contributed by atoms with Crippen molar-refractivity contribution in [1.29, 1.82) is 0 Å². The minimum Gasteiger partial charge on any atom is -0.492 e. The Labute approximate surface area is 113 Å². The van der Waals surface area contributed by atoms with Crippen molar-refractivity contribution in [3.05, 3.63) is 28.8 Å². The first-order chi connectivity index (χ1) is 8.33. The number of ether oxygens (including phenoxy) is 1. The molecular weight excluding hydrogens is 250 g/mol. The monoisotopic (exact) mass is 269 g/mol. The average molecular weight is 270 g/mol. The molecule has 0 bridgehead atoms. The first kappa shape index (κ1) is 15.0. The second kappa shape index (κ2) is 6.21. The molecule has 0 fully saturated rings. The van der Waals surface area contributed by atoms with Crippen molar-refractivity contribution in [2.75, 3.05) is 6.61 Å². The van der Waals surface area contributed by atoms with Crippen LogP contribution in [0.4, 0.5) is 0 Å². The predicted octanol–water partition coefficient (Wildman–Crippen LogP) is 3.44. The molecule has 0 spiro atoms. The summed E-state index contributed by atoms with van der Waals surface area (Å²) >= 11 is 6.04. The Morgan fingerprint density at radius 1 is 1.44 bits per heavy atom. The summed E-state index contributed by atoms with van der Waals surface area (Å²) in [6.45, 7) is 6.25. The number of benzene rings is 1. The Kier molecular flexibility index (Phi) is 5.17. The zero-order chi connectivity index (χ0) is 13.8. The molecule has 18 heavy (non-hydrogen) atoms. The molecule has 0 unspecified atom stereocenters. The first-order valence-corrected chi connectivity index (χ1v) is 6.45. The van der Waals surface area contributed by atoms with Crippen LogP contribution in [0.2, 0.25) is 5.02 Å². The van der Waals surface area contributed by atoms with Crippen molar-refractivity contribution < 1.29 is 9.53 Å². The van der Waals surface area contributed by atoms with E-state index in [9.17, 15) is 4.79 Å². The summed E-state index contributed by atoms with van der Waals surface area (Å²) in [6.07, 6.45) is 1.07. The van der Waals surface area contributed by atoms with Crippen LogP contribution in [0.15, 0.2) is 18.2 Å². The van der Waals surface area contributed by atoms with Gasteiger partial charge in [-0.05, 0) is 45.4 Å². The average Bonchev–Trinajstić information content (AvgIpc) is 2.28. The summed E-state index contributed by atoms with van der Waals surface area (Å²) in [5.41, 5.74) is 6.13. The Bertz CT molecular complexity index is 424. The molecule has 4 heteroatoms. The molecule has 0 saturated carbocycles. The highest BCUT2D eigenvalue weighted by molar-refractivity contribution is 6.32. The fraction of sp³-hybridized carbons (Fsp3) is 0.500. The van der Waals surface area contributed by atoms with Gasteiger partial charge in [0.25, 0.3) is 0 Å². The van der Waals surface area contributed by atoms with Crippen molar-refractivity contribution in [3.8, 4) is 5.75 Å². The molecule has 0 amide bonds. The van der Waals surface area contributed by atoms with Gasteiger partial charge in [-0.3, -0.25) is 4.79 Å². The summed E-state index contributed by atoms with van der Waals surface area (Å²) < 4.78 is 5.32. The van der Waals surface area contributed by atoms with E-state index < -0.39 is 0 Å². The Morgan fingerprint density at radius 2 is 2.11 bits per heavy atom. The molecule has 0 aliphatic carbocycles. The first-order valence-electron chi connectivity index (χ1n) is 6.08. The molecule has 3 nitrogen and oxygen atoms in total. The maximum atomic E-state index is 12.0. The molecule has 0 aliphatic rings. The van der Waals surface area contributed by atoms with Crippen LogP contribution in [0, 0.1) is 0 Å². The lowest BCUT2D eigenvalue weighted by Crippen LogP contribution is -2.32. The van der Waals surface area contributed by atoms with Gasteiger partial charge in [0.15, 0.2) is 5.78 Å². The van der Waals surface area contributed by atoms with Gasteiger partial charge in [0, 0.05) is 17.5 Å². The van der Waals surface area contributed by atoms with E-state index in [0.29, 0.717) is 35.8 Å². The van der Waals surface area contributed by atoms with Gasteiger partial charge in [0.05, 0.1) is 11.6 Å². The summed E-state index contributed by atoms with van der Waals surface area (Å²) in [5.74, 6) is 0.661. The summed E-state index contributed by atoms with van der Waals surface area (Å²) in [7, 11) is 0. The van der Waals surface area contributed by atoms with E-state index in [4.69, 9.17) is 22.1 Å². The van der Waals surface area contributed by atoms with E-state index >= 15 is 0 Å². The van der Waals surface area contributed by atoms with Crippen molar-refractivity contribution in [3.63, 3.8) is 0 Å². The summed E-state index contributed by atoms with van der Waals surface area (Å²) in [6, 6.07) is 5.12. The molecular formula is C14H20ClNO2. The van der Waals surface area contributed by atoms with Gasteiger partial charge in [-0.25, -0.2) is 0 Å². The Hall–Kier alpha value is -1.06. The topological polar surface area (TPSA) is 52.3 Å². The van der Waals surface area contributed by atoms with Gasteiger partial charge in [-0.15, -0.1) is 0 Å². The number of hydrogen-bond donors (Lipinski definition) is 1. The molecule has 2 N–H and O–H groups in total. The second-order valence-corrected chi connectivity index (χ2v) is 5.40. The third kappa shape index (κ3) is 4.67. The van der Waals surface area contributed by atoms with Gasteiger partial charge < -0.3 is 10.5 Å². The van der Waals surface area contributed by atoms with E-state index in [1.54, 1.807) is 18.2 Å². The Morgan fingerprint density at radius 3 is 2.61 bits per heavy atom. The zero-order valence-corrected chi connectivity index (χ0v) is 11.9. The van der Waals surface area contributed by atoms with Crippen LogP contribution in [-0.2, 0) is 0 Å². The molecule has 0 atom stereocenters. The quantitative estimate of drug-likeness (QED) is 0.805. The summed E-state index contributed by atoms with van der Waals surface area (Å²) in [5, 5.41) is 0.467. The smallest absolute Gasteiger partial charge is 0.163 e. The van der Waals surface area contributed by atoms with Gasteiger partial charge in [-0.1, -0.05) is 11.6 Å². The van der Waals surface area contributed by atoms with E-state index in [1.165, 1.54) is 0 Å². The Balaban J connectivity index is 2.72. The molecule has 0 radical (unpaired) electrons. The molecule has 0 saturated heterocycles. The number of rotatable bonds is 6. The number of ketones is 1. The van der Waals surface area contributed by atoms with Crippen molar-refractivity contribution in [1.82, 2.24) is 0 Å². The van der Waals surface area contributed by atoms with Crippen LogP contribution in [0.3, 0.4) is 0 Å². The van der Waals surface area contributed by atoms with E-state index in [-0.39, 0.29) is 11.3 Å². The molecule has 100 valence electrons. The van der Waals surface area contributed by atoms with Crippen LogP contribution in [0.5, 0.6) is 5.75 Å². The van der Waals surface area contributed by atoms with Gasteiger partial charge >= 0.3 is 0 Å². The molecule has 0 heterocycles. The second-order valence-electron chi connectivity index (χ2n) is 4.99.